The summed E-state index contributed by atoms with van der Waals surface area (Å²) < 4.78 is 29.5. The van der Waals surface area contributed by atoms with Crippen molar-refractivity contribution in [3.8, 4) is 0 Å². The van der Waals surface area contributed by atoms with Gasteiger partial charge in [-0.3, -0.25) is 9.58 Å². The van der Waals surface area contributed by atoms with E-state index >= 15 is 0 Å². The number of likely N-dealkylation sites (tertiary alicyclic amines) is 1. The number of aromatic nitrogens is 2. The maximum atomic E-state index is 13.8. The molecule has 1 aromatic carbocycles. The molecule has 0 aliphatic carbocycles. The van der Waals surface area contributed by atoms with Gasteiger partial charge in [-0.25, -0.2) is 13.6 Å². The van der Waals surface area contributed by atoms with Crippen molar-refractivity contribution >= 4 is 6.03 Å². The molecule has 0 radical (unpaired) electrons. The maximum absolute atomic E-state index is 13.8. The first-order valence-corrected chi connectivity index (χ1v) is 9.20. The minimum Gasteiger partial charge on any atom is -0.336 e. The van der Waals surface area contributed by atoms with Gasteiger partial charge >= 0.3 is 6.03 Å². The van der Waals surface area contributed by atoms with E-state index in [1.165, 1.54) is 18.2 Å². The van der Waals surface area contributed by atoms with Gasteiger partial charge in [-0.1, -0.05) is 6.07 Å². The van der Waals surface area contributed by atoms with Crippen LogP contribution in [0.5, 0.6) is 0 Å². The van der Waals surface area contributed by atoms with Crippen LogP contribution in [0.15, 0.2) is 30.6 Å². The zero-order chi connectivity index (χ0) is 19.2. The number of rotatable bonds is 6. The predicted molar refractivity (Wildman–Crippen MR) is 98.2 cm³/mol. The van der Waals surface area contributed by atoms with Crippen molar-refractivity contribution in [1.29, 1.82) is 0 Å². The van der Waals surface area contributed by atoms with Gasteiger partial charge in [0.05, 0.1) is 12.7 Å². The maximum Gasteiger partial charge on any atom is 0.315 e. The van der Waals surface area contributed by atoms with Gasteiger partial charge in [0.1, 0.15) is 11.6 Å². The Kier molecular flexibility index (Phi) is 6.39. The molecule has 1 atom stereocenters. The Labute approximate surface area is 157 Å². The molecule has 2 aromatic rings. The summed E-state index contributed by atoms with van der Waals surface area (Å²) in [5.41, 5.74) is 1.16. The minimum absolute atomic E-state index is 0.0412. The molecule has 146 valence electrons. The third-order valence-corrected chi connectivity index (χ3v) is 4.67. The summed E-state index contributed by atoms with van der Waals surface area (Å²) in [7, 11) is 0. The molecular formula is C19H25F2N5O. The molecule has 1 aliphatic rings. The van der Waals surface area contributed by atoms with Crippen LogP contribution in [0.3, 0.4) is 0 Å². The number of nitrogens with zero attached hydrogens (tertiary/aromatic N) is 3. The molecule has 0 spiro atoms. The fourth-order valence-electron chi connectivity index (χ4n) is 3.33. The number of hydrogen-bond acceptors (Lipinski definition) is 3. The van der Waals surface area contributed by atoms with Crippen LogP contribution in [0.25, 0.3) is 0 Å². The Morgan fingerprint density at radius 1 is 1.33 bits per heavy atom. The number of halogens is 2. The van der Waals surface area contributed by atoms with Crippen LogP contribution in [-0.2, 0) is 13.1 Å². The molecule has 1 aromatic heterocycles. The zero-order valence-electron chi connectivity index (χ0n) is 15.4. The molecule has 2 heterocycles. The fraction of sp³-hybridized carbons (Fsp3) is 0.474. The standard InChI is InChI=1S/C19H25F2N5O/c1-14-10-23-26(11-14)9-7-22-19(27)24-15-4-3-8-25(12-15)13-16-17(20)5-2-6-18(16)21/h2,5-6,10-11,15H,3-4,7-9,12-13H2,1H3,(H2,22,24,27). The van der Waals surface area contributed by atoms with Crippen LogP contribution in [-0.4, -0.2) is 46.4 Å². The van der Waals surface area contributed by atoms with Crippen LogP contribution in [0.1, 0.15) is 24.0 Å². The van der Waals surface area contributed by atoms with Gasteiger partial charge in [0.25, 0.3) is 0 Å². The molecule has 1 fully saturated rings. The van der Waals surface area contributed by atoms with Gasteiger partial charge in [0.2, 0.25) is 0 Å². The van der Waals surface area contributed by atoms with E-state index in [0.29, 0.717) is 19.6 Å². The quantitative estimate of drug-likeness (QED) is 0.813. The Morgan fingerprint density at radius 3 is 2.81 bits per heavy atom. The van der Waals surface area contributed by atoms with E-state index in [9.17, 15) is 13.6 Å². The summed E-state index contributed by atoms with van der Waals surface area (Å²) >= 11 is 0. The lowest BCUT2D eigenvalue weighted by molar-refractivity contribution is 0.177. The number of benzene rings is 1. The van der Waals surface area contributed by atoms with Crippen molar-refractivity contribution in [2.75, 3.05) is 19.6 Å². The van der Waals surface area contributed by atoms with Crippen molar-refractivity contribution in [3.63, 3.8) is 0 Å². The van der Waals surface area contributed by atoms with E-state index in [1.54, 1.807) is 10.9 Å². The number of urea groups is 1. The van der Waals surface area contributed by atoms with E-state index in [0.717, 1.165) is 24.9 Å². The van der Waals surface area contributed by atoms with E-state index in [2.05, 4.69) is 15.7 Å². The van der Waals surface area contributed by atoms with Gasteiger partial charge in [-0.05, 0) is 44.0 Å². The molecular weight excluding hydrogens is 352 g/mol. The molecule has 2 amide bonds. The highest BCUT2D eigenvalue weighted by Crippen LogP contribution is 2.18. The first-order valence-electron chi connectivity index (χ1n) is 9.20. The molecule has 6 nitrogen and oxygen atoms in total. The minimum atomic E-state index is -0.531. The molecule has 2 N–H and O–H groups in total. The molecule has 0 bridgehead atoms. The fourth-order valence-corrected chi connectivity index (χ4v) is 3.33. The van der Waals surface area contributed by atoms with Crippen molar-refractivity contribution in [3.05, 3.63) is 53.4 Å². The van der Waals surface area contributed by atoms with E-state index < -0.39 is 11.6 Å². The first-order chi connectivity index (χ1) is 13.0. The largest absolute Gasteiger partial charge is 0.336 e. The van der Waals surface area contributed by atoms with Crippen LogP contribution >= 0.6 is 0 Å². The number of nitrogens with one attached hydrogen (secondary N) is 2. The highest BCUT2D eigenvalue weighted by molar-refractivity contribution is 5.74. The molecule has 1 unspecified atom stereocenters. The summed E-state index contributed by atoms with van der Waals surface area (Å²) in [5.74, 6) is -1.06. The van der Waals surface area contributed by atoms with Gasteiger partial charge < -0.3 is 10.6 Å². The number of carbonyl (C=O) groups is 1. The monoisotopic (exact) mass is 377 g/mol. The normalized spacial score (nSPS) is 17.7. The Bertz CT molecular complexity index is 759. The summed E-state index contributed by atoms with van der Waals surface area (Å²) in [6, 6.07) is 3.63. The smallest absolute Gasteiger partial charge is 0.315 e. The van der Waals surface area contributed by atoms with Crippen molar-refractivity contribution in [1.82, 2.24) is 25.3 Å². The van der Waals surface area contributed by atoms with Crippen LogP contribution in [0.2, 0.25) is 0 Å². The second kappa shape index (κ2) is 8.94. The summed E-state index contributed by atoms with van der Waals surface area (Å²) in [6.45, 7) is 4.57. The highest BCUT2D eigenvalue weighted by Gasteiger charge is 2.23. The topological polar surface area (TPSA) is 62.2 Å². The number of aryl methyl sites for hydroxylation is 1. The van der Waals surface area contributed by atoms with Crippen LogP contribution in [0, 0.1) is 18.6 Å². The van der Waals surface area contributed by atoms with Gasteiger partial charge in [-0.2, -0.15) is 5.10 Å². The van der Waals surface area contributed by atoms with E-state index in [-0.39, 0.29) is 24.2 Å². The lowest BCUT2D eigenvalue weighted by Gasteiger charge is -2.33. The van der Waals surface area contributed by atoms with Gasteiger partial charge in [-0.15, -0.1) is 0 Å². The number of piperidine rings is 1. The molecule has 1 saturated heterocycles. The molecule has 27 heavy (non-hydrogen) atoms. The van der Waals surface area contributed by atoms with Crippen LogP contribution in [0.4, 0.5) is 13.6 Å². The molecule has 0 saturated carbocycles. The Balaban J connectivity index is 1.44. The van der Waals surface area contributed by atoms with E-state index in [4.69, 9.17) is 0 Å². The average Bonchev–Trinajstić information content (AvgIpc) is 3.04. The predicted octanol–water partition coefficient (Wildman–Crippen LogP) is 2.43. The third-order valence-electron chi connectivity index (χ3n) is 4.67. The van der Waals surface area contributed by atoms with Gasteiger partial charge in [0.15, 0.2) is 0 Å². The number of amides is 2. The average molecular weight is 377 g/mol. The van der Waals surface area contributed by atoms with Gasteiger partial charge in [0, 0.05) is 37.4 Å². The summed E-state index contributed by atoms with van der Waals surface area (Å²) in [5, 5.41) is 9.94. The number of carbonyl (C=O) groups excluding carboxylic acids is 1. The Morgan fingerprint density at radius 2 is 2.11 bits per heavy atom. The number of hydrogen-bond donors (Lipinski definition) is 2. The lowest BCUT2D eigenvalue weighted by atomic mass is 10.0. The third kappa shape index (κ3) is 5.50. The SMILES string of the molecule is Cc1cnn(CCNC(=O)NC2CCCN(Cc3c(F)cccc3F)C2)c1. The second-order valence-electron chi connectivity index (χ2n) is 6.96. The summed E-state index contributed by atoms with van der Waals surface area (Å²) in [4.78, 5) is 14.1. The van der Waals surface area contributed by atoms with Crippen molar-refractivity contribution in [2.45, 2.75) is 38.9 Å². The van der Waals surface area contributed by atoms with Crippen LogP contribution < -0.4 is 10.6 Å². The zero-order valence-corrected chi connectivity index (χ0v) is 15.4. The van der Waals surface area contributed by atoms with Crippen molar-refractivity contribution < 1.29 is 13.6 Å². The second-order valence-corrected chi connectivity index (χ2v) is 6.96. The van der Waals surface area contributed by atoms with E-state index in [1.807, 2.05) is 18.0 Å². The molecule has 3 rings (SSSR count). The molecule has 8 heteroatoms. The first kappa shape index (κ1) is 19.3. The summed E-state index contributed by atoms with van der Waals surface area (Å²) in [6.07, 6.45) is 5.41. The molecule has 1 aliphatic heterocycles. The highest BCUT2D eigenvalue weighted by atomic mass is 19.1. The Hall–Kier alpha value is -2.48. The van der Waals surface area contributed by atoms with Crippen molar-refractivity contribution in [2.24, 2.45) is 0 Å². The lowest BCUT2D eigenvalue weighted by Crippen LogP contribution is -2.50.